The van der Waals surface area contributed by atoms with Gasteiger partial charge in [-0.2, -0.15) is 5.10 Å². The normalized spacial score (nSPS) is 11.2. The van der Waals surface area contributed by atoms with E-state index in [9.17, 15) is 13.9 Å². The van der Waals surface area contributed by atoms with E-state index in [4.69, 9.17) is 4.74 Å². The molecule has 0 saturated heterocycles. The van der Waals surface area contributed by atoms with Crippen LogP contribution in [0.5, 0.6) is 5.88 Å². The minimum absolute atomic E-state index is 0.236. The Labute approximate surface area is 193 Å². The maximum Gasteiger partial charge on any atom is 0.237 e. The number of aromatic nitrogens is 3. The first-order chi connectivity index (χ1) is 15.7. The van der Waals surface area contributed by atoms with Crippen LogP contribution < -0.4 is 9.46 Å². The van der Waals surface area contributed by atoms with Gasteiger partial charge in [-0.25, -0.2) is 18.3 Å². The summed E-state index contributed by atoms with van der Waals surface area (Å²) in [6, 6.07) is 9.00. The number of hydrogen-bond acceptors (Lipinski definition) is 6. The van der Waals surface area contributed by atoms with Crippen LogP contribution in [-0.4, -0.2) is 32.4 Å². The molecule has 0 aliphatic heterocycles. The molecular formula is C24H20F2N4O2S. The molecule has 0 aliphatic rings. The summed E-state index contributed by atoms with van der Waals surface area (Å²) in [6.07, 6.45) is 5.11. The van der Waals surface area contributed by atoms with Crippen molar-refractivity contribution in [2.45, 2.75) is 24.3 Å². The van der Waals surface area contributed by atoms with E-state index in [2.05, 4.69) is 26.6 Å². The number of aliphatic hydroxyl groups is 1. The van der Waals surface area contributed by atoms with Crippen molar-refractivity contribution in [3.63, 3.8) is 0 Å². The minimum atomic E-state index is -1.12. The number of pyridine rings is 2. The van der Waals surface area contributed by atoms with E-state index in [-0.39, 0.29) is 4.90 Å². The van der Waals surface area contributed by atoms with Crippen LogP contribution >= 0.6 is 11.9 Å². The van der Waals surface area contributed by atoms with Crippen molar-refractivity contribution in [1.29, 1.82) is 0 Å². The molecule has 0 radical (unpaired) electrons. The van der Waals surface area contributed by atoms with Crippen LogP contribution in [0.25, 0.3) is 16.6 Å². The van der Waals surface area contributed by atoms with E-state index in [1.807, 2.05) is 18.2 Å². The molecule has 0 unspecified atom stereocenters. The van der Waals surface area contributed by atoms with Gasteiger partial charge < -0.3 is 14.6 Å². The van der Waals surface area contributed by atoms with Crippen molar-refractivity contribution in [2.24, 2.45) is 0 Å². The van der Waals surface area contributed by atoms with Crippen molar-refractivity contribution in [2.75, 3.05) is 11.8 Å². The Balaban J connectivity index is 1.66. The summed E-state index contributed by atoms with van der Waals surface area (Å²) in [4.78, 5) is 4.58. The molecule has 0 saturated carbocycles. The smallest absolute Gasteiger partial charge is 0.237 e. The van der Waals surface area contributed by atoms with Crippen molar-refractivity contribution in [1.82, 2.24) is 14.6 Å². The van der Waals surface area contributed by atoms with Crippen molar-refractivity contribution in [3.8, 4) is 28.8 Å². The maximum atomic E-state index is 14.0. The lowest BCUT2D eigenvalue weighted by molar-refractivity contribution is 0.143. The molecule has 1 aromatic carbocycles. The molecule has 0 fully saturated rings. The number of methoxy groups -OCH3 is 1. The summed E-state index contributed by atoms with van der Waals surface area (Å²) < 4.78 is 37.2. The number of nitrogens with zero attached hydrogens (tertiary/aromatic N) is 3. The van der Waals surface area contributed by atoms with Gasteiger partial charge in [-0.15, -0.1) is 0 Å². The number of fused-ring (bicyclic) bond motifs is 1. The quantitative estimate of drug-likeness (QED) is 0.321. The summed E-state index contributed by atoms with van der Waals surface area (Å²) >= 11 is 0.990. The molecule has 33 heavy (non-hydrogen) atoms. The minimum Gasteiger partial charge on any atom is -0.480 e. The fourth-order valence-corrected chi connectivity index (χ4v) is 3.65. The van der Waals surface area contributed by atoms with Crippen LogP contribution in [0.15, 0.2) is 59.9 Å². The molecule has 0 aliphatic carbocycles. The van der Waals surface area contributed by atoms with E-state index < -0.39 is 17.2 Å². The summed E-state index contributed by atoms with van der Waals surface area (Å²) in [5.41, 5.74) is 2.50. The van der Waals surface area contributed by atoms with Crippen LogP contribution in [0.2, 0.25) is 0 Å². The molecule has 2 N–H and O–H groups in total. The molecule has 9 heteroatoms. The maximum absolute atomic E-state index is 14.0. The molecule has 6 nitrogen and oxygen atoms in total. The molecule has 0 bridgehead atoms. The Morgan fingerprint density at radius 1 is 1.12 bits per heavy atom. The third-order valence-electron chi connectivity index (χ3n) is 4.57. The lowest BCUT2D eigenvalue weighted by atomic mass is 10.1. The lowest BCUT2D eigenvalue weighted by Gasteiger charge is -2.12. The van der Waals surface area contributed by atoms with E-state index >= 15 is 0 Å². The molecular weight excluding hydrogens is 446 g/mol. The van der Waals surface area contributed by atoms with Gasteiger partial charge in [0.1, 0.15) is 22.9 Å². The average molecular weight is 467 g/mol. The second-order valence-electron chi connectivity index (χ2n) is 7.67. The third-order valence-corrected chi connectivity index (χ3v) is 5.44. The summed E-state index contributed by atoms with van der Waals surface area (Å²) in [5, 5.41) is 14.2. The van der Waals surface area contributed by atoms with Crippen LogP contribution in [-0.2, 0) is 0 Å². The lowest BCUT2D eigenvalue weighted by Crippen LogP contribution is -2.14. The van der Waals surface area contributed by atoms with Gasteiger partial charge in [-0.1, -0.05) is 11.8 Å². The highest BCUT2D eigenvalue weighted by Crippen LogP contribution is 2.33. The highest BCUT2D eigenvalue weighted by molar-refractivity contribution is 8.00. The van der Waals surface area contributed by atoms with E-state index in [1.165, 1.54) is 19.2 Å². The number of rotatable bonds is 5. The first-order valence-corrected chi connectivity index (χ1v) is 10.7. The monoisotopic (exact) mass is 466 g/mol. The zero-order chi connectivity index (χ0) is 23.6. The van der Waals surface area contributed by atoms with Gasteiger partial charge in [-0.3, -0.25) is 0 Å². The van der Waals surface area contributed by atoms with Crippen LogP contribution in [0.4, 0.5) is 14.5 Å². The SMILES string of the molecule is COc1ncc(-c2ccn3ncc(C#CC(C)(C)O)c3c2)cc1NSc1ccc(F)cc1F. The zero-order valence-corrected chi connectivity index (χ0v) is 18.9. The molecule has 4 rings (SSSR count). The fraction of sp³-hybridized carbons (Fsp3) is 0.167. The Hall–Kier alpha value is -3.61. The summed E-state index contributed by atoms with van der Waals surface area (Å²) in [7, 11) is 1.49. The standard InChI is InChI=1S/C24H20F2N4O2S/c1-24(2,31)8-6-16-14-28-30-9-7-15(11-21(16)30)17-10-20(23(32-3)27-13-17)29-33-22-5-4-18(25)12-19(22)26/h4-5,7,9-14,29,31H,1-3H3. The Morgan fingerprint density at radius 3 is 2.67 bits per heavy atom. The van der Waals surface area contributed by atoms with Gasteiger partial charge in [0, 0.05) is 24.0 Å². The fourth-order valence-electron chi connectivity index (χ4n) is 2.99. The predicted octanol–water partition coefficient (Wildman–Crippen LogP) is 4.92. The van der Waals surface area contributed by atoms with Gasteiger partial charge in [0.25, 0.3) is 0 Å². The number of hydrogen-bond donors (Lipinski definition) is 2. The first kappa shape index (κ1) is 22.6. The molecule has 3 heterocycles. The van der Waals surface area contributed by atoms with Crippen LogP contribution in [0.1, 0.15) is 19.4 Å². The second kappa shape index (κ2) is 9.10. The molecule has 0 atom stereocenters. The molecule has 3 aromatic heterocycles. The van der Waals surface area contributed by atoms with Gasteiger partial charge >= 0.3 is 0 Å². The average Bonchev–Trinajstić information content (AvgIpc) is 3.19. The van der Waals surface area contributed by atoms with Gasteiger partial charge in [0.2, 0.25) is 5.88 Å². The van der Waals surface area contributed by atoms with E-state index in [0.717, 1.165) is 34.7 Å². The van der Waals surface area contributed by atoms with Gasteiger partial charge in [-0.05, 0) is 61.7 Å². The van der Waals surface area contributed by atoms with Crippen LogP contribution in [0, 0.1) is 23.5 Å². The van der Waals surface area contributed by atoms with Crippen molar-refractivity contribution >= 4 is 23.2 Å². The Bertz CT molecular complexity index is 1390. The van der Waals surface area contributed by atoms with Gasteiger partial charge in [0.05, 0.1) is 29.3 Å². The number of anilines is 1. The second-order valence-corrected chi connectivity index (χ2v) is 8.52. The summed E-state index contributed by atoms with van der Waals surface area (Å²) in [5.74, 6) is 4.79. The number of ether oxygens (including phenoxy) is 1. The molecule has 0 spiro atoms. The number of benzene rings is 1. The highest BCUT2D eigenvalue weighted by Gasteiger charge is 2.12. The largest absolute Gasteiger partial charge is 0.480 e. The molecule has 4 aromatic rings. The highest BCUT2D eigenvalue weighted by atomic mass is 32.2. The summed E-state index contributed by atoms with van der Waals surface area (Å²) in [6.45, 7) is 3.23. The van der Waals surface area contributed by atoms with Crippen LogP contribution in [0.3, 0.4) is 0 Å². The Morgan fingerprint density at radius 2 is 1.94 bits per heavy atom. The molecule has 0 amide bonds. The van der Waals surface area contributed by atoms with Crippen molar-refractivity contribution in [3.05, 3.63) is 72.2 Å². The predicted molar refractivity (Wildman–Crippen MR) is 124 cm³/mol. The third kappa shape index (κ3) is 5.25. The van der Waals surface area contributed by atoms with Crippen molar-refractivity contribution < 1.29 is 18.6 Å². The zero-order valence-electron chi connectivity index (χ0n) is 18.1. The van der Waals surface area contributed by atoms with E-state index in [0.29, 0.717) is 17.1 Å². The van der Waals surface area contributed by atoms with Gasteiger partial charge in [0.15, 0.2) is 0 Å². The number of nitrogens with one attached hydrogen (secondary N) is 1. The number of halogens is 2. The first-order valence-electron chi connectivity index (χ1n) is 9.89. The Kier molecular flexibility index (Phi) is 6.22. The van der Waals surface area contributed by atoms with E-state index in [1.54, 1.807) is 37.0 Å². The topological polar surface area (TPSA) is 71.7 Å². The molecule has 168 valence electrons.